The van der Waals surface area contributed by atoms with Crippen LogP contribution < -0.4 is 10.1 Å². The highest BCUT2D eigenvalue weighted by molar-refractivity contribution is 7.99. The maximum absolute atomic E-state index is 5.96. The smallest absolute Gasteiger partial charge is 0.214 e. The number of ether oxygens (including phenoxy) is 1. The zero-order valence-corrected chi connectivity index (χ0v) is 18.3. The minimum absolute atomic E-state index is 0.575. The third-order valence-electron chi connectivity index (χ3n) is 4.67. The lowest BCUT2D eigenvalue weighted by atomic mass is 10.1. The molecular weight excluding hydrogens is 406 g/mol. The summed E-state index contributed by atoms with van der Waals surface area (Å²) in [5.74, 6) is 1.76. The van der Waals surface area contributed by atoms with Crippen molar-refractivity contribution in [3.63, 3.8) is 0 Å². The Labute approximate surface area is 186 Å². The second-order valence-electron chi connectivity index (χ2n) is 7.16. The number of aromatic nitrogens is 4. The van der Waals surface area contributed by atoms with E-state index in [1.807, 2.05) is 42.5 Å². The maximum atomic E-state index is 5.96. The average molecular weight is 432 g/mol. The molecule has 4 rings (SSSR count). The van der Waals surface area contributed by atoms with Crippen molar-refractivity contribution in [1.82, 2.24) is 25.5 Å². The van der Waals surface area contributed by atoms with Gasteiger partial charge in [0, 0.05) is 18.8 Å². The van der Waals surface area contributed by atoms with Crippen molar-refractivity contribution >= 4 is 11.8 Å². The number of rotatable bonds is 10. The summed E-state index contributed by atoms with van der Waals surface area (Å²) in [5, 5.41) is 16.3. The van der Waals surface area contributed by atoms with Gasteiger partial charge in [0.15, 0.2) is 0 Å². The van der Waals surface area contributed by atoms with Crippen molar-refractivity contribution in [2.24, 2.45) is 0 Å². The summed E-state index contributed by atoms with van der Waals surface area (Å²) < 4.78 is 7.73. The minimum Gasteiger partial charge on any atom is -0.489 e. The zero-order chi connectivity index (χ0) is 21.3. The van der Waals surface area contributed by atoms with Crippen molar-refractivity contribution in [2.75, 3.05) is 12.3 Å². The first-order valence-electron chi connectivity index (χ1n) is 10.2. The van der Waals surface area contributed by atoms with E-state index in [-0.39, 0.29) is 0 Å². The number of nitrogens with zero attached hydrogens (tertiary/aromatic N) is 4. The molecule has 0 aliphatic rings. The average Bonchev–Trinajstić information content (AvgIpc) is 3.27. The van der Waals surface area contributed by atoms with Crippen molar-refractivity contribution in [3.05, 3.63) is 95.6 Å². The van der Waals surface area contributed by atoms with Gasteiger partial charge in [0.25, 0.3) is 0 Å². The van der Waals surface area contributed by atoms with E-state index in [1.54, 1.807) is 16.4 Å². The number of aryl methyl sites for hydroxylation is 1. The molecule has 3 aromatic carbocycles. The summed E-state index contributed by atoms with van der Waals surface area (Å²) in [4.78, 5) is 0. The molecule has 0 aliphatic heterocycles. The maximum Gasteiger partial charge on any atom is 0.214 e. The van der Waals surface area contributed by atoms with Gasteiger partial charge in [0.2, 0.25) is 5.16 Å². The predicted octanol–water partition coefficient (Wildman–Crippen LogP) is 4.43. The van der Waals surface area contributed by atoms with Crippen LogP contribution >= 0.6 is 11.8 Å². The monoisotopic (exact) mass is 431 g/mol. The first-order chi connectivity index (χ1) is 15.3. The number of tetrazole rings is 1. The zero-order valence-electron chi connectivity index (χ0n) is 17.4. The van der Waals surface area contributed by atoms with Gasteiger partial charge in [-0.1, -0.05) is 71.9 Å². The number of benzene rings is 3. The van der Waals surface area contributed by atoms with Crippen molar-refractivity contribution in [2.45, 2.75) is 25.2 Å². The first-order valence-corrected chi connectivity index (χ1v) is 11.2. The summed E-state index contributed by atoms with van der Waals surface area (Å²) in [7, 11) is 0. The Balaban J connectivity index is 1.22. The Hall–Kier alpha value is -3.16. The Bertz CT molecular complexity index is 1100. The Morgan fingerprint density at radius 3 is 2.65 bits per heavy atom. The SMILES string of the molecule is Cc1cccc(COc2cccc(CNCCSc3nnnn3-c3ccccc3)c2)c1. The highest BCUT2D eigenvalue weighted by Gasteiger charge is 2.08. The molecule has 6 nitrogen and oxygen atoms in total. The molecule has 0 amide bonds. The van der Waals surface area contributed by atoms with Crippen LogP contribution in [0.1, 0.15) is 16.7 Å². The van der Waals surface area contributed by atoms with E-state index in [1.165, 1.54) is 16.7 Å². The lowest BCUT2D eigenvalue weighted by Gasteiger charge is -2.09. The third kappa shape index (κ3) is 6.16. The molecule has 0 bridgehead atoms. The van der Waals surface area contributed by atoms with Crippen LogP contribution in [0.4, 0.5) is 0 Å². The highest BCUT2D eigenvalue weighted by atomic mass is 32.2. The molecule has 1 N–H and O–H groups in total. The molecule has 0 aliphatic carbocycles. The molecule has 0 radical (unpaired) electrons. The normalized spacial score (nSPS) is 10.9. The number of para-hydroxylation sites is 1. The van der Waals surface area contributed by atoms with E-state index in [0.717, 1.165) is 35.4 Å². The molecule has 0 fully saturated rings. The molecule has 0 unspecified atom stereocenters. The van der Waals surface area contributed by atoms with Gasteiger partial charge >= 0.3 is 0 Å². The van der Waals surface area contributed by atoms with Crippen LogP contribution in [0.3, 0.4) is 0 Å². The van der Waals surface area contributed by atoms with Gasteiger partial charge in [-0.2, -0.15) is 4.68 Å². The van der Waals surface area contributed by atoms with E-state index in [4.69, 9.17) is 4.74 Å². The van der Waals surface area contributed by atoms with E-state index < -0.39 is 0 Å². The van der Waals surface area contributed by atoms with Crippen molar-refractivity contribution in [1.29, 1.82) is 0 Å². The molecule has 31 heavy (non-hydrogen) atoms. The van der Waals surface area contributed by atoms with Gasteiger partial charge in [-0.25, -0.2) is 0 Å². The van der Waals surface area contributed by atoms with E-state index in [9.17, 15) is 0 Å². The highest BCUT2D eigenvalue weighted by Crippen LogP contribution is 2.18. The van der Waals surface area contributed by atoms with Crippen LogP contribution in [0, 0.1) is 6.92 Å². The minimum atomic E-state index is 0.575. The fraction of sp³-hybridized carbons (Fsp3) is 0.208. The van der Waals surface area contributed by atoms with Crippen LogP contribution in [0.5, 0.6) is 5.75 Å². The third-order valence-corrected chi connectivity index (χ3v) is 5.59. The summed E-state index contributed by atoms with van der Waals surface area (Å²) in [5.41, 5.74) is 4.58. The Morgan fingerprint density at radius 1 is 0.935 bits per heavy atom. The summed E-state index contributed by atoms with van der Waals surface area (Å²) in [6.07, 6.45) is 0. The van der Waals surface area contributed by atoms with Gasteiger partial charge in [-0.05, 0) is 52.7 Å². The number of nitrogens with one attached hydrogen (secondary N) is 1. The fourth-order valence-corrected chi connectivity index (χ4v) is 3.95. The van der Waals surface area contributed by atoms with Gasteiger partial charge in [0.1, 0.15) is 12.4 Å². The predicted molar refractivity (Wildman–Crippen MR) is 124 cm³/mol. The van der Waals surface area contributed by atoms with Gasteiger partial charge < -0.3 is 10.1 Å². The molecule has 0 saturated carbocycles. The molecule has 0 saturated heterocycles. The van der Waals surface area contributed by atoms with Gasteiger partial charge in [0.05, 0.1) is 5.69 Å². The Morgan fingerprint density at radius 2 is 1.77 bits per heavy atom. The van der Waals surface area contributed by atoms with Crippen LogP contribution in [0.25, 0.3) is 5.69 Å². The summed E-state index contributed by atoms with van der Waals surface area (Å²) >= 11 is 1.63. The van der Waals surface area contributed by atoms with E-state index >= 15 is 0 Å². The van der Waals surface area contributed by atoms with Crippen LogP contribution in [-0.4, -0.2) is 32.5 Å². The summed E-state index contributed by atoms with van der Waals surface area (Å²) in [6.45, 7) is 4.30. The lowest BCUT2D eigenvalue weighted by molar-refractivity contribution is 0.306. The molecule has 0 spiro atoms. The summed E-state index contributed by atoms with van der Waals surface area (Å²) in [6, 6.07) is 26.5. The van der Waals surface area contributed by atoms with Crippen molar-refractivity contribution in [3.8, 4) is 11.4 Å². The molecule has 1 aromatic heterocycles. The van der Waals surface area contributed by atoms with Gasteiger partial charge in [-0.15, -0.1) is 5.10 Å². The quantitative estimate of drug-likeness (QED) is 0.296. The number of hydrogen-bond donors (Lipinski definition) is 1. The lowest BCUT2D eigenvalue weighted by Crippen LogP contribution is -2.16. The van der Waals surface area contributed by atoms with Crippen LogP contribution in [-0.2, 0) is 13.2 Å². The first kappa shape index (κ1) is 21.1. The molecule has 0 atom stereocenters. The fourth-order valence-electron chi connectivity index (χ4n) is 3.16. The topological polar surface area (TPSA) is 64.9 Å². The molecule has 1 heterocycles. The Kier molecular flexibility index (Phi) is 7.31. The number of hydrogen-bond acceptors (Lipinski definition) is 6. The largest absolute Gasteiger partial charge is 0.489 e. The van der Waals surface area contributed by atoms with E-state index in [2.05, 4.69) is 64.2 Å². The second-order valence-corrected chi connectivity index (χ2v) is 8.22. The molecule has 158 valence electrons. The standard InChI is InChI=1S/C24H25N5OS/c1-19-7-5-9-21(15-19)18-30-23-12-6-8-20(16-23)17-25-13-14-31-24-26-27-28-29(24)22-10-3-2-4-11-22/h2-12,15-16,25H,13-14,17-18H2,1H3. The van der Waals surface area contributed by atoms with Crippen LogP contribution in [0.2, 0.25) is 0 Å². The second kappa shape index (κ2) is 10.7. The van der Waals surface area contributed by atoms with Gasteiger partial charge in [-0.3, -0.25) is 0 Å². The molecule has 7 heteroatoms. The van der Waals surface area contributed by atoms with Crippen molar-refractivity contribution < 1.29 is 4.74 Å². The molecule has 4 aromatic rings. The van der Waals surface area contributed by atoms with Crippen LogP contribution in [0.15, 0.2) is 84.0 Å². The number of thioether (sulfide) groups is 1. The molecular formula is C24H25N5OS. The van der Waals surface area contributed by atoms with E-state index in [0.29, 0.717) is 6.61 Å².